The van der Waals surface area contributed by atoms with Crippen molar-refractivity contribution in [1.82, 2.24) is 28.2 Å². The van der Waals surface area contributed by atoms with Crippen LogP contribution in [-0.2, 0) is 28.2 Å². The molecular formula is C109H100N8+2. The molecule has 0 atom stereocenters. The third-order valence-electron chi connectivity index (χ3n) is 20.1. The Bertz CT molecular complexity index is 6990. The fraction of sp³-hybridized carbons (Fsp3) is 0.156. The monoisotopic (exact) mass is 1530 g/mol. The number of nitrogens with zero attached hydrogens (tertiary/aromatic N) is 8. The van der Waals surface area contributed by atoms with Gasteiger partial charge in [-0.05, 0) is 333 Å². The molecule has 8 nitrogen and oxygen atoms in total. The first-order valence-corrected chi connectivity index (χ1v) is 38.9. The Morgan fingerprint density at radius 2 is 0.547 bits per heavy atom. The van der Waals surface area contributed by atoms with Crippen molar-refractivity contribution >= 4 is 0 Å². The smallest absolute Gasteiger partial charge is 0.248 e. The quantitative estimate of drug-likeness (QED) is 0.0904. The molecule has 0 fully saturated rings. The van der Waals surface area contributed by atoms with Crippen molar-refractivity contribution in [3.8, 4) is 170 Å². The van der Waals surface area contributed by atoms with Gasteiger partial charge in [-0.2, -0.15) is 0 Å². The highest BCUT2D eigenvalue weighted by Crippen LogP contribution is 2.37. The maximum absolute atomic E-state index is 8.04. The van der Waals surface area contributed by atoms with Crippen LogP contribution < -0.4 is 9.13 Å². The van der Waals surface area contributed by atoms with Gasteiger partial charge in [0.25, 0.3) is 0 Å². The topological polar surface area (TPSA) is 53.3 Å². The van der Waals surface area contributed by atoms with E-state index in [0.29, 0.717) is 22.4 Å². The maximum atomic E-state index is 8.04. The fourth-order valence-corrected chi connectivity index (χ4v) is 14.4. The van der Waals surface area contributed by atoms with Crippen molar-refractivity contribution in [3.05, 3.63) is 371 Å². The molecule has 574 valence electrons. The summed E-state index contributed by atoms with van der Waals surface area (Å²) in [5, 5.41) is 0. The molecule has 0 aliphatic carbocycles. The number of hydrogen-bond acceptors (Lipinski definition) is 2. The Kier molecular flexibility index (Phi) is 21.8. The molecule has 0 saturated heterocycles. The largest absolute Gasteiger partial charge is 0.338 e. The minimum Gasteiger partial charge on any atom is -0.338 e. The minimum absolute atomic E-state index is 0.225. The fourth-order valence-electron chi connectivity index (χ4n) is 14.4. The lowest BCUT2D eigenvalue weighted by atomic mass is 9.93. The van der Waals surface area contributed by atoms with Gasteiger partial charge in [-0.25, -0.2) is 28.2 Å². The van der Waals surface area contributed by atoms with Crippen LogP contribution in [0.1, 0.15) is 113 Å². The van der Waals surface area contributed by atoms with E-state index >= 15 is 0 Å². The SMILES string of the molecule is CC#Cc1cccc(-c2cc(C)cc(-c3cc(C)cc(-n4cc[n+](C)c4)c3)c2)c1.CC#Cc1cccc(-c2cccc(-c3cc(C)cc(-n4cc[n+](C)c4)c3)c2)c1.[2H]C([2H])([2H])c1cc(C#CC)cc(-c2cc(C)cc(-c3cc(-c4cn(C)c(C)n4)cc(C([2H])([2H])[2H])c3)c2)c1.[2H]C([2H])([2H])c1cc(C#CC)cc(-c2cccc(-c3cccc(-c4cn(C)c(C)n4)c3)c2)c1. The van der Waals surface area contributed by atoms with Crippen LogP contribution in [0.5, 0.6) is 0 Å². The molecule has 4 heterocycles. The summed E-state index contributed by atoms with van der Waals surface area (Å²) in [4.78, 5) is 9.23. The molecule has 0 N–H and O–H groups in total. The molecule has 16 rings (SSSR count). The van der Waals surface area contributed by atoms with Gasteiger partial charge in [-0.1, -0.05) is 157 Å². The van der Waals surface area contributed by atoms with Gasteiger partial charge in [0.15, 0.2) is 0 Å². The summed E-state index contributed by atoms with van der Waals surface area (Å²) in [6, 6.07) is 83.9. The van der Waals surface area contributed by atoms with Crippen molar-refractivity contribution < 1.29 is 21.5 Å². The number of benzene rings is 12. The van der Waals surface area contributed by atoms with Crippen molar-refractivity contribution in [2.45, 2.75) is 89.8 Å². The molecule has 0 aliphatic heterocycles. The number of aryl methyl sites for hydroxylation is 13. The molecule has 8 heteroatoms. The second kappa shape index (κ2) is 36.7. The van der Waals surface area contributed by atoms with Gasteiger partial charge >= 0.3 is 0 Å². The number of hydrogen-bond donors (Lipinski definition) is 0. The number of rotatable bonds is 12. The van der Waals surface area contributed by atoms with Crippen molar-refractivity contribution in [2.24, 2.45) is 28.2 Å². The van der Waals surface area contributed by atoms with Crippen LogP contribution in [0.3, 0.4) is 0 Å². The second-order valence-electron chi connectivity index (χ2n) is 29.6. The average Bonchev–Trinajstić information content (AvgIpc) is 1.15. The molecule has 0 spiro atoms. The Hall–Kier alpha value is -14.3. The van der Waals surface area contributed by atoms with Crippen molar-refractivity contribution in [3.63, 3.8) is 0 Å². The number of imidazole rings is 4. The second-order valence-corrected chi connectivity index (χ2v) is 29.6. The normalized spacial score (nSPS) is 12.0. The van der Waals surface area contributed by atoms with Gasteiger partial charge < -0.3 is 9.13 Å². The summed E-state index contributed by atoms with van der Waals surface area (Å²) in [6.45, 7) is 12.8. The first-order valence-electron chi connectivity index (χ1n) is 43.4. The van der Waals surface area contributed by atoms with E-state index in [1.54, 1.807) is 50.2 Å². The summed E-state index contributed by atoms with van der Waals surface area (Å²) < 4.78 is 83.7. The van der Waals surface area contributed by atoms with Gasteiger partial charge in [0, 0.05) is 72.2 Å². The van der Waals surface area contributed by atoms with Crippen LogP contribution in [0.4, 0.5) is 0 Å². The van der Waals surface area contributed by atoms with Crippen LogP contribution in [0.25, 0.3) is 123 Å². The predicted octanol–water partition coefficient (Wildman–Crippen LogP) is 24.4. The molecule has 0 aliphatic rings. The Labute approximate surface area is 705 Å². The van der Waals surface area contributed by atoms with E-state index in [2.05, 4.69) is 285 Å². The van der Waals surface area contributed by atoms with Gasteiger partial charge in [-0.3, -0.25) is 0 Å². The molecule has 4 aromatic heterocycles. The highest BCUT2D eigenvalue weighted by atomic mass is 15.1. The summed E-state index contributed by atoms with van der Waals surface area (Å²) >= 11 is 0. The van der Waals surface area contributed by atoms with E-state index in [9.17, 15) is 0 Å². The van der Waals surface area contributed by atoms with Crippen LogP contribution in [-0.4, -0.2) is 28.2 Å². The van der Waals surface area contributed by atoms with Gasteiger partial charge in [0.05, 0.1) is 25.5 Å². The maximum Gasteiger partial charge on any atom is 0.248 e. The molecule has 12 aromatic carbocycles. The molecule has 16 aromatic rings. The van der Waals surface area contributed by atoms with Crippen LogP contribution in [0.15, 0.2) is 299 Å². The van der Waals surface area contributed by atoms with E-state index in [-0.39, 0.29) is 11.1 Å². The van der Waals surface area contributed by atoms with Gasteiger partial charge in [0.2, 0.25) is 12.7 Å². The molecule has 0 radical (unpaired) electrons. The molecule has 0 amide bonds. The highest BCUT2D eigenvalue weighted by molar-refractivity contribution is 5.82. The van der Waals surface area contributed by atoms with E-state index in [0.717, 1.165) is 89.7 Å². The lowest BCUT2D eigenvalue weighted by Gasteiger charge is -2.12. The van der Waals surface area contributed by atoms with Gasteiger partial charge in [0.1, 0.15) is 47.8 Å². The Balaban J connectivity index is 0.000000145. The molecule has 0 bridgehead atoms. The number of aromatic nitrogens is 8. The van der Waals surface area contributed by atoms with Crippen LogP contribution in [0.2, 0.25) is 0 Å². The first kappa shape index (κ1) is 69.4. The van der Waals surface area contributed by atoms with Crippen LogP contribution >= 0.6 is 0 Å². The third-order valence-corrected chi connectivity index (χ3v) is 20.1. The zero-order valence-electron chi connectivity index (χ0n) is 77.9. The summed E-state index contributed by atoms with van der Waals surface area (Å²) in [7, 11) is 7.96. The predicted molar refractivity (Wildman–Crippen MR) is 488 cm³/mol. The van der Waals surface area contributed by atoms with Crippen molar-refractivity contribution in [1.29, 1.82) is 0 Å². The van der Waals surface area contributed by atoms with E-state index in [4.69, 9.17) is 12.3 Å². The zero-order chi connectivity index (χ0) is 89.9. The Morgan fingerprint density at radius 3 is 0.932 bits per heavy atom. The highest BCUT2D eigenvalue weighted by Gasteiger charge is 2.16. The summed E-state index contributed by atoms with van der Waals surface area (Å²) in [6.07, 6.45) is 16.3. The van der Waals surface area contributed by atoms with E-state index in [1.807, 2.05) is 145 Å². The van der Waals surface area contributed by atoms with Gasteiger partial charge in [-0.15, -0.1) is 23.7 Å². The van der Waals surface area contributed by atoms with Crippen LogP contribution in [0, 0.1) is 109 Å². The van der Waals surface area contributed by atoms with E-state index < -0.39 is 20.6 Å². The lowest BCUT2D eigenvalue weighted by molar-refractivity contribution is -0.670. The first-order chi connectivity index (χ1) is 60.1. The molecule has 0 unspecified atom stereocenters. The standard InChI is InChI=1S/C29H28N2.C27H24N2.C27H25N2.C26H23N2/c1-7-8-23-9-19(2)10-24(15-23)25-11-20(3)12-26(16-25)27-13-21(4)14-28(17-27)29-18-31(6)22(5)30-29;1-5-8-21-13-19(2)14-26(15-21)24-11-6-9-22(16-24)23-10-7-12-25(17-23)27-18-29(4)20(3)28-27;1-5-7-22-8-6-9-23(16-22)24-12-20(2)13-25(17-24)26-14-21(3)15-27(18-26)29-11-10-28(4)19-29;1-4-7-21-8-5-9-22(16-21)23-10-6-11-24(17-23)25-14-20(2)15-26(18-25)28-13-12-27(3)19-28/h9-18H,1-6H3;6-7,9-18H,1-4H3;6,8-19H,1-4H3;5-6,8-19H,1-3H3/q;;2*+1/i2D3,4D3;2D3;;. The lowest BCUT2D eigenvalue weighted by Crippen LogP contribution is -2.23. The molecule has 0 saturated carbocycles. The van der Waals surface area contributed by atoms with Crippen molar-refractivity contribution in [2.75, 3.05) is 0 Å². The summed E-state index contributed by atoms with van der Waals surface area (Å²) in [5.41, 5.74) is 31.4. The Morgan fingerprint density at radius 1 is 0.282 bits per heavy atom. The average molecular weight is 1530 g/mol. The van der Waals surface area contributed by atoms with E-state index in [1.165, 1.54) is 72.6 Å². The third kappa shape index (κ3) is 20.6. The zero-order valence-corrected chi connectivity index (χ0v) is 68.9. The molecular weight excluding hydrogens is 1420 g/mol. The molecule has 117 heavy (non-hydrogen) atoms. The summed E-state index contributed by atoms with van der Waals surface area (Å²) in [5.74, 6) is 25.7. The minimum atomic E-state index is -2.29.